The van der Waals surface area contributed by atoms with Gasteiger partial charge in [0.05, 0.1) is 5.56 Å². The average molecular weight is 369 g/mol. The molecule has 26 heavy (non-hydrogen) atoms. The van der Waals surface area contributed by atoms with Crippen molar-refractivity contribution in [1.82, 2.24) is 0 Å². The zero-order valence-electron chi connectivity index (χ0n) is 15.8. The van der Waals surface area contributed by atoms with Crippen LogP contribution in [0.15, 0.2) is 0 Å². The van der Waals surface area contributed by atoms with Crippen molar-refractivity contribution < 1.29 is 4.79 Å². The number of Topliss-reactive ketones (excluding diaryl/α,β-unsaturated/α-hetero) is 1. The van der Waals surface area contributed by atoms with Crippen LogP contribution in [0.2, 0.25) is 0 Å². The first-order valence-electron chi connectivity index (χ1n) is 10.2. The Morgan fingerprint density at radius 2 is 2.00 bits per heavy atom. The van der Waals surface area contributed by atoms with Crippen molar-refractivity contribution in [3.63, 3.8) is 0 Å². The van der Waals surface area contributed by atoms with E-state index in [9.17, 15) is 10.1 Å². The van der Waals surface area contributed by atoms with E-state index in [4.69, 9.17) is 5.73 Å². The first-order chi connectivity index (χ1) is 12.4. The lowest BCUT2D eigenvalue weighted by Gasteiger charge is -2.59. The Kier molecular flexibility index (Phi) is 3.46. The van der Waals surface area contributed by atoms with Crippen molar-refractivity contribution in [3.05, 3.63) is 16.0 Å². The Morgan fingerprint density at radius 1 is 1.19 bits per heavy atom. The van der Waals surface area contributed by atoms with Crippen LogP contribution in [0.4, 0.5) is 5.00 Å². The molecule has 5 rings (SSSR count). The molecule has 4 aliphatic rings. The molecule has 0 bridgehead atoms. The maximum absolute atomic E-state index is 12.6. The van der Waals surface area contributed by atoms with Crippen LogP contribution in [-0.4, -0.2) is 5.78 Å². The SMILES string of the molecule is C[C@]12Cc3sc(N)c(C#N)c3C[C@@H]1CC[C@H]1[C@H]2CC[C@]2(C)C(=O)CC[C@@H]12. The summed E-state index contributed by atoms with van der Waals surface area (Å²) >= 11 is 1.66. The Morgan fingerprint density at radius 3 is 2.77 bits per heavy atom. The lowest BCUT2D eigenvalue weighted by molar-refractivity contribution is -0.136. The Hall–Kier alpha value is -1.34. The molecular formula is C22H28N2OS. The monoisotopic (exact) mass is 368 g/mol. The summed E-state index contributed by atoms with van der Waals surface area (Å²) in [6.45, 7) is 4.77. The van der Waals surface area contributed by atoms with Crippen LogP contribution in [0.5, 0.6) is 0 Å². The largest absolute Gasteiger partial charge is 0.389 e. The summed E-state index contributed by atoms with van der Waals surface area (Å²) in [5.41, 5.74) is 8.45. The van der Waals surface area contributed by atoms with Gasteiger partial charge in [-0.1, -0.05) is 13.8 Å². The van der Waals surface area contributed by atoms with E-state index in [1.807, 2.05) is 0 Å². The molecule has 0 unspecified atom stereocenters. The molecule has 3 saturated carbocycles. The zero-order chi connectivity index (χ0) is 18.3. The summed E-state index contributed by atoms with van der Waals surface area (Å²) in [4.78, 5) is 13.9. The summed E-state index contributed by atoms with van der Waals surface area (Å²) in [6, 6.07) is 2.36. The highest BCUT2D eigenvalue weighted by Gasteiger charge is 2.60. The number of ketones is 1. The second-order valence-electron chi connectivity index (χ2n) is 9.81. The van der Waals surface area contributed by atoms with Gasteiger partial charge in [-0.15, -0.1) is 11.3 Å². The van der Waals surface area contributed by atoms with E-state index in [0.717, 1.165) is 49.5 Å². The van der Waals surface area contributed by atoms with Crippen molar-refractivity contribution in [2.24, 2.45) is 34.5 Å². The smallest absolute Gasteiger partial charge is 0.139 e. The van der Waals surface area contributed by atoms with E-state index in [1.54, 1.807) is 11.3 Å². The predicted octanol–water partition coefficient (Wildman–Crippen LogP) is 4.73. The number of carbonyl (C=O) groups is 1. The number of hydrogen-bond acceptors (Lipinski definition) is 4. The van der Waals surface area contributed by atoms with Crippen molar-refractivity contribution in [2.45, 2.75) is 65.2 Å². The van der Waals surface area contributed by atoms with Crippen LogP contribution < -0.4 is 5.73 Å². The Balaban J connectivity index is 1.52. The number of nitrogens with two attached hydrogens (primary N) is 1. The van der Waals surface area contributed by atoms with Gasteiger partial charge in [0, 0.05) is 16.7 Å². The van der Waals surface area contributed by atoms with E-state index in [1.165, 1.54) is 29.7 Å². The minimum Gasteiger partial charge on any atom is -0.389 e. The standard InChI is InChI=1S/C22H28N2OS/c1-21-8-7-17-13(16(21)5-6-19(21)25)4-3-12-9-14-15(11-23)20(24)26-18(14)10-22(12,17)2/h12-13,16-17H,3-10,24H2,1-2H3/t12-,13+,16-,17+,21-,22-/m0/s1. The van der Waals surface area contributed by atoms with Gasteiger partial charge in [0.1, 0.15) is 16.9 Å². The molecule has 4 aliphatic carbocycles. The van der Waals surface area contributed by atoms with Gasteiger partial charge in [0.15, 0.2) is 0 Å². The molecule has 1 aromatic rings. The van der Waals surface area contributed by atoms with E-state index in [-0.39, 0.29) is 5.41 Å². The fraction of sp³-hybridized carbons (Fsp3) is 0.727. The van der Waals surface area contributed by atoms with Crippen molar-refractivity contribution in [2.75, 3.05) is 5.73 Å². The molecule has 2 N–H and O–H groups in total. The van der Waals surface area contributed by atoms with Gasteiger partial charge in [-0.2, -0.15) is 5.26 Å². The van der Waals surface area contributed by atoms with Gasteiger partial charge in [-0.05, 0) is 79.6 Å². The Labute approximate surface area is 160 Å². The molecule has 0 saturated heterocycles. The molecule has 0 radical (unpaired) electrons. The first kappa shape index (κ1) is 16.8. The number of nitrogen functional groups attached to an aromatic ring is 1. The quantitative estimate of drug-likeness (QED) is 0.720. The summed E-state index contributed by atoms with van der Waals surface area (Å²) in [5.74, 6) is 3.25. The molecule has 0 spiro atoms. The predicted molar refractivity (Wildman–Crippen MR) is 104 cm³/mol. The highest BCUT2D eigenvalue weighted by atomic mass is 32.1. The molecule has 0 aliphatic heterocycles. The third-order valence-corrected chi connectivity index (χ3v) is 10.1. The number of nitrogens with zero attached hydrogens (tertiary/aromatic N) is 1. The van der Waals surface area contributed by atoms with Gasteiger partial charge >= 0.3 is 0 Å². The molecule has 1 heterocycles. The fourth-order valence-electron chi connectivity index (χ4n) is 7.52. The number of carbonyl (C=O) groups excluding carboxylic acids is 1. The number of thiophene rings is 1. The number of hydrogen-bond donors (Lipinski definition) is 1. The van der Waals surface area contributed by atoms with Gasteiger partial charge < -0.3 is 5.73 Å². The summed E-state index contributed by atoms with van der Waals surface area (Å²) in [7, 11) is 0. The maximum Gasteiger partial charge on any atom is 0.139 e. The number of nitriles is 1. The fourth-order valence-corrected chi connectivity index (χ4v) is 8.75. The molecule has 3 nitrogen and oxygen atoms in total. The molecular weight excluding hydrogens is 340 g/mol. The molecule has 138 valence electrons. The van der Waals surface area contributed by atoms with Gasteiger partial charge in [-0.3, -0.25) is 4.79 Å². The van der Waals surface area contributed by atoms with Crippen molar-refractivity contribution >= 4 is 22.1 Å². The minimum absolute atomic E-state index is 0.0362. The second-order valence-corrected chi connectivity index (χ2v) is 10.9. The molecule has 6 atom stereocenters. The van der Waals surface area contributed by atoms with Crippen LogP contribution in [0.1, 0.15) is 68.4 Å². The summed E-state index contributed by atoms with van der Waals surface area (Å²) < 4.78 is 0. The van der Waals surface area contributed by atoms with Crippen LogP contribution >= 0.6 is 11.3 Å². The number of fused-ring (bicyclic) bond motifs is 6. The highest BCUT2D eigenvalue weighted by Crippen LogP contribution is 2.65. The molecule has 0 amide bonds. The lowest BCUT2D eigenvalue weighted by Crippen LogP contribution is -2.54. The van der Waals surface area contributed by atoms with Gasteiger partial charge in [0.25, 0.3) is 0 Å². The molecule has 0 aromatic carbocycles. The van der Waals surface area contributed by atoms with E-state index >= 15 is 0 Å². The lowest BCUT2D eigenvalue weighted by atomic mass is 9.45. The summed E-state index contributed by atoms with van der Waals surface area (Å²) in [6.07, 6.45) is 8.86. The normalized spacial score (nSPS) is 43.8. The van der Waals surface area contributed by atoms with E-state index in [2.05, 4.69) is 19.9 Å². The van der Waals surface area contributed by atoms with Crippen LogP contribution in [-0.2, 0) is 17.6 Å². The minimum atomic E-state index is -0.0362. The van der Waals surface area contributed by atoms with Crippen LogP contribution in [0.3, 0.4) is 0 Å². The van der Waals surface area contributed by atoms with Gasteiger partial charge in [0.2, 0.25) is 0 Å². The maximum atomic E-state index is 12.6. The Bertz CT molecular complexity index is 836. The molecule has 1 aromatic heterocycles. The van der Waals surface area contributed by atoms with Crippen molar-refractivity contribution in [1.29, 1.82) is 5.26 Å². The first-order valence-corrected chi connectivity index (χ1v) is 11.0. The summed E-state index contributed by atoms with van der Waals surface area (Å²) in [5, 5.41) is 10.2. The van der Waals surface area contributed by atoms with E-state index < -0.39 is 0 Å². The van der Waals surface area contributed by atoms with Crippen molar-refractivity contribution in [3.8, 4) is 6.07 Å². The van der Waals surface area contributed by atoms with Crippen LogP contribution in [0.25, 0.3) is 0 Å². The molecule has 4 heteroatoms. The highest BCUT2D eigenvalue weighted by molar-refractivity contribution is 7.16. The number of rotatable bonds is 0. The zero-order valence-corrected chi connectivity index (χ0v) is 16.6. The third kappa shape index (κ3) is 1.96. The number of anilines is 1. The van der Waals surface area contributed by atoms with Crippen LogP contribution in [0, 0.1) is 45.8 Å². The third-order valence-electron chi connectivity index (χ3n) is 9.00. The topological polar surface area (TPSA) is 66.9 Å². The molecule has 3 fully saturated rings. The average Bonchev–Trinajstić information content (AvgIpc) is 3.07. The van der Waals surface area contributed by atoms with E-state index in [0.29, 0.717) is 28.0 Å². The second kappa shape index (κ2) is 5.35. The van der Waals surface area contributed by atoms with Gasteiger partial charge in [-0.25, -0.2) is 0 Å².